The third-order valence-electron chi connectivity index (χ3n) is 12.6. The third-order valence-corrected chi connectivity index (χ3v) is 12.6. The lowest BCUT2D eigenvalue weighted by molar-refractivity contribution is 0.769. The van der Waals surface area contributed by atoms with Gasteiger partial charge in [-0.1, -0.05) is 212 Å². The second-order valence-corrected chi connectivity index (χ2v) is 15.9. The van der Waals surface area contributed by atoms with Crippen molar-refractivity contribution >= 4 is 32.3 Å². The molecule has 3 heteroatoms. The summed E-state index contributed by atoms with van der Waals surface area (Å²) in [6.45, 7) is 0. The van der Waals surface area contributed by atoms with Crippen molar-refractivity contribution in [1.29, 1.82) is 0 Å². The van der Waals surface area contributed by atoms with Crippen LogP contribution in [0.25, 0.3) is 88.7 Å². The zero-order valence-corrected chi connectivity index (χ0v) is 33.2. The van der Waals surface area contributed by atoms with Crippen molar-refractivity contribution in [2.75, 3.05) is 0 Å². The zero-order valence-electron chi connectivity index (χ0n) is 33.2. The lowest BCUT2D eigenvalue weighted by Gasteiger charge is -2.34. The maximum Gasteiger partial charge on any atom is 0.164 e. The minimum absolute atomic E-state index is 0.471. The highest BCUT2D eigenvalue weighted by atomic mass is 15.0. The van der Waals surface area contributed by atoms with Crippen molar-refractivity contribution in [1.82, 2.24) is 15.0 Å². The van der Waals surface area contributed by atoms with Gasteiger partial charge in [-0.05, 0) is 83.6 Å². The lowest BCUT2D eigenvalue weighted by atomic mass is 9.67. The van der Waals surface area contributed by atoms with Crippen molar-refractivity contribution in [2.24, 2.45) is 0 Å². The molecule has 0 atom stereocenters. The van der Waals surface area contributed by atoms with E-state index in [2.05, 4.69) is 188 Å². The van der Waals surface area contributed by atoms with E-state index >= 15 is 0 Å². The Kier molecular flexibility index (Phi) is 8.07. The van der Waals surface area contributed by atoms with Crippen molar-refractivity contribution in [3.63, 3.8) is 0 Å². The van der Waals surface area contributed by atoms with Gasteiger partial charge in [-0.3, -0.25) is 0 Å². The number of hydrogen-bond donors (Lipinski definition) is 0. The molecule has 0 amide bonds. The number of rotatable bonds is 6. The molecule has 0 saturated heterocycles. The highest BCUT2D eigenvalue weighted by Gasteiger charge is 2.46. The van der Waals surface area contributed by atoms with Gasteiger partial charge in [0.25, 0.3) is 0 Å². The van der Waals surface area contributed by atoms with Crippen LogP contribution in [0.3, 0.4) is 0 Å². The van der Waals surface area contributed by atoms with Crippen LogP contribution in [0.4, 0.5) is 0 Å². The van der Waals surface area contributed by atoms with Crippen LogP contribution in [0.5, 0.6) is 0 Å². The molecule has 11 aromatic rings. The maximum absolute atomic E-state index is 5.19. The quantitative estimate of drug-likeness (QED) is 0.158. The van der Waals surface area contributed by atoms with E-state index in [0.29, 0.717) is 17.5 Å². The monoisotopic (exact) mass is 775 g/mol. The predicted octanol–water partition coefficient (Wildman–Crippen LogP) is 14.4. The van der Waals surface area contributed by atoms with Crippen LogP contribution in [-0.4, -0.2) is 15.0 Å². The molecule has 12 rings (SSSR count). The van der Waals surface area contributed by atoms with Gasteiger partial charge in [-0.2, -0.15) is 0 Å². The third kappa shape index (κ3) is 5.48. The topological polar surface area (TPSA) is 38.7 Å². The molecule has 1 aliphatic rings. The molecule has 0 bridgehead atoms. The van der Waals surface area contributed by atoms with Crippen LogP contribution >= 0.6 is 0 Å². The number of benzene rings is 10. The average Bonchev–Trinajstić information content (AvgIpc) is 3.65. The standard InChI is InChI=1S/C58H37N3/c1-5-18-38(19-6-1)55-59-56(39-20-7-2-8-21-39)61-57(60-55)50-30-17-29-48-44-26-13-14-27-45(44)51-36-40(33-35-49(51)54(48)50)41-32-34-47-46-28-15-16-31-52(46)58(53(47)37-41,42-22-9-3-10-23-42)43-24-11-4-12-25-43/h1-37H. The normalized spacial score (nSPS) is 12.7. The molecule has 1 heterocycles. The van der Waals surface area contributed by atoms with Crippen LogP contribution in [0.2, 0.25) is 0 Å². The van der Waals surface area contributed by atoms with Gasteiger partial charge in [-0.15, -0.1) is 0 Å². The molecule has 0 fully saturated rings. The number of nitrogens with zero attached hydrogens (tertiary/aromatic N) is 3. The minimum atomic E-state index is -0.471. The van der Waals surface area contributed by atoms with Crippen molar-refractivity contribution < 1.29 is 0 Å². The van der Waals surface area contributed by atoms with E-state index < -0.39 is 5.41 Å². The molecule has 1 aliphatic carbocycles. The maximum atomic E-state index is 5.19. The molecule has 0 unspecified atom stereocenters. The van der Waals surface area contributed by atoms with Crippen molar-refractivity contribution in [2.45, 2.75) is 5.41 Å². The summed E-state index contributed by atoms with van der Waals surface area (Å²) < 4.78 is 0. The van der Waals surface area contributed by atoms with Crippen molar-refractivity contribution in [3.8, 4) is 56.4 Å². The van der Waals surface area contributed by atoms with Crippen molar-refractivity contribution in [3.05, 3.63) is 247 Å². The highest BCUT2D eigenvalue weighted by Crippen LogP contribution is 2.57. The van der Waals surface area contributed by atoms with Crippen LogP contribution in [-0.2, 0) is 5.41 Å². The van der Waals surface area contributed by atoms with Gasteiger partial charge < -0.3 is 0 Å². The summed E-state index contributed by atoms with van der Waals surface area (Å²) in [5.41, 5.74) is 12.4. The van der Waals surface area contributed by atoms with Gasteiger partial charge in [0.2, 0.25) is 0 Å². The SMILES string of the molecule is c1ccc(-c2nc(-c3ccccc3)nc(-c3cccc4c5ccccc5c5cc(-c6ccc7c(c6)C(c6ccccc6)(c6ccccc6)c6ccccc6-7)ccc5c34)n2)cc1. The van der Waals surface area contributed by atoms with E-state index in [-0.39, 0.29) is 0 Å². The Bertz CT molecular complexity index is 3360. The Labute approximate surface area is 354 Å². The number of hydrogen-bond acceptors (Lipinski definition) is 3. The van der Waals surface area contributed by atoms with Gasteiger partial charge in [0.1, 0.15) is 0 Å². The summed E-state index contributed by atoms with van der Waals surface area (Å²) in [6, 6.07) is 80.8. The van der Waals surface area contributed by atoms with E-state index in [0.717, 1.165) is 27.5 Å². The van der Waals surface area contributed by atoms with E-state index in [1.165, 1.54) is 66.1 Å². The lowest BCUT2D eigenvalue weighted by Crippen LogP contribution is -2.28. The summed E-state index contributed by atoms with van der Waals surface area (Å²) in [4.78, 5) is 15.4. The molecule has 61 heavy (non-hydrogen) atoms. The fourth-order valence-electron chi connectivity index (χ4n) is 9.92. The molecule has 0 N–H and O–H groups in total. The van der Waals surface area contributed by atoms with Gasteiger partial charge in [-0.25, -0.2) is 15.0 Å². The molecule has 0 saturated carbocycles. The summed E-state index contributed by atoms with van der Waals surface area (Å²) in [5.74, 6) is 1.94. The Balaban J connectivity index is 1.10. The molecule has 284 valence electrons. The van der Waals surface area contributed by atoms with Crippen LogP contribution in [0.1, 0.15) is 22.3 Å². The molecule has 1 aromatic heterocycles. The van der Waals surface area contributed by atoms with E-state index in [4.69, 9.17) is 15.0 Å². The molecular weight excluding hydrogens is 739 g/mol. The molecule has 0 radical (unpaired) electrons. The Hall–Kier alpha value is -8.01. The second-order valence-electron chi connectivity index (χ2n) is 15.9. The Morgan fingerprint density at radius 1 is 0.262 bits per heavy atom. The van der Waals surface area contributed by atoms with E-state index in [1.807, 2.05) is 36.4 Å². The fraction of sp³-hybridized carbons (Fsp3) is 0.0172. The first-order valence-corrected chi connectivity index (χ1v) is 20.9. The molecule has 0 spiro atoms. The molecule has 0 aliphatic heterocycles. The van der Waals surface area contributed by atoms with Crippen LogP contribution in [0.15, 0.2) is 224 Å². The minimum Gasteiger partial charge on any atom is -0.208 e. The second kappa shape index (κ2) is 14.1. The van der Waals surface area contributed by atoms with Gasteiger partial charge in [0.05, 0.1) is 5.41 Å². The summed E-state index contributed by atoms with van der Waals surface area (Å²) in [5, 5.41) is 7.06. The van der Waals surface area contributed by atoms with E-state index in [9.17, 15) is 0 Å². The average molecular weight is 776 g/mol. The highest BCUT2D eigenvalue weighted by molar-refractivity contribution is 6.28. The Morgan fingerprint density at radius 2 is 0.721 bits per heavy atom. The van der Waals surface area contributed by atoms with Crippen LogP contribution in [0, 0.1) is 0 Å². The predicted molar refractivity (Wildman–Crippen MR) is 251 cm³/mol. The van der Waals surface area contributed by atoms with Gasteiger partial charge >= 0.3 is 0 Å². The zero-order chi connectivity index (χ0) is 40.3. The first-order chi connectivity index (χ1) is 30.3. The number of fused-ring (bicyclic) bond motifs is 9. The summed E-state index contributed by atoms with van der Waals surface area (Å²) in [6.07, 6.45) is 0. The first-order valence-electron chi connectivity index (χ1n) is 20.9. The summed E-state index contributed by atoms with van der Waals surface area (Å²) in [7, 11) is 0. The van der Waals surface area contributed by atoms with Crippen LogP contribution < -0.4 is 0 Å². The number of aromatic nitrogens is 3. The smallest absolute Gasteiger partial charge is 0.164 e. The first kappa shape index (κ1) is 35.0. The van der Waals surface area contributed by atoms with Gasteiger partial charge in [0, 0.05) is 22.1 Å². The molecule has 10 aromatic carbocycles. The fourth-order valence-corrected chi connectivity index (χ4v) is 9.92. The Morgan fingerprint density at radius 3 is 1.38 bits per heavy atom. The largest absolute Gasteiger partial charge is 0.208 e. The molecular formula is C58H37N3. The molecule has 3 nitrogen and oxygen atoms in total. The summed E-state index contributed by atoms with van der Waals surface area (Å²) >= 11 is 0. The van der Waals surface area contributed by atoms with Gasteiger partial charge in [0.15, 0.2) is 17.5 Å². The van der Waals surface area contributed by atoms with E-state index in [1.54, 1.807) is 0 Å².